The van der Waals surface area contributed by atoms with Crippen molar-refractivity contribution in [2.45, 2.75) is 50.2 Å². The lowest BCUT2D eigenvalue weighted by Gasteiger charge is -2.28. The molecule has 122 valence electrons. The van der Waals surface area contributed by atoms with E-state index >= 15 is 0 Å². The van der Waals surface area contributed by atoms with E-state index in [9.17, 15) is 0 Å². The van der Waals surface area contributed by atoms with E-state index < -0.39 is 0 Å². The molecule has 3 rings (SSSR count). The van der Waals surface area contributed by atoms with Gasteiger partial charge in [-0.3, -0.25) is 0 Å². The van der Waals surface area contributed by atoms with Crippen LogP contribution in [0.4, 0.5) is 11.9 Å². The van der Waals surface area contributed by atoms with E-state index in [2.05, 4.69) is 42.8 Å². The van der Waals surface area contributed by atoms with Crippen LogP contribution >= 0.6 is 0 Å². The summed E-state index contributed by atoms with van der Waals surface area (Å²) in [4.78, 5) is 15.3. The molecule has 0 amide bonds. The molecule has 1 atom stereocenters. The molecule has 1 saturated heterocycles. The molecule has 3 N–H and O–H groups in total. The van der Waals surface area contributed by atoms with Crippen LogP contribution < -0.4 is 16.0 Å². The van der Waals surface area contributed by atoms with Crippen LogP contribution in [0.3, 0.4) is 0 Å². The number of aromatic nitrogens is 3. The third kappa shape index (κ3) is 4.04. The molecule has 7 heteroatoms. The first-order valence-corrected chi connectivity index (χ1v) is 8.31. The molecule has 1 saturated carbocycles. The molecule has 1 aliphatic carbocycles. The Labute approximate surface area is 132 Å². The summed E-state index contributed by atoms with van der Waals surface area (Å²) in [7, 11) is 4.19. The first kappa shape index (κ1) is 15.4. The van der Waals surface area contributed by atoms with E-state index in [1.54, 1.807) is 6.33 Å². The van der Waals surface area contributed by atoms with Gasteiger partial charge in [-0.05, 0) is 52.7 Å². The SMILES string of the molecule is CNC1CCC(Nc2ncnc(N[C@@H]3CCN(C)C3)n2)CC1. The number of nitrogens with zero attached hydrogens (tertiary/aromatic N) is 4. The lowest BCUT2D eigenvalue weighted by Crippen LogP contribution is -2.35. The molecule has 22 heavy (non-hydrogen) atoms. The monoisotopic (exact) mass is 305 g/mol. The molecule has 0 spiro atoms. The van der Waals surface area contributed by atoms with Crippen LogP contribution in [0.1, 0.15) is 32.1 Å². The van der Waals surface area contributed by atoms with Crippen LogP contribution in [0.25, 0.3) is 0 Å². The van der Waals surface area contributed by atoms with Gasteiger partial charge in [0.1, 0.15) is 6.33 Å². The highest BCUT2D eigenvalue weighted by Crippen LogP contribution is 2.21. The maximum Gasteiger partial charge on any atom is 0.227 e. The molecule has 2 fully saturated rings. The van der Waals surface area contributed by atoms with E-state index in [0.717, 1.165) is 32.4 Å². The number of nitrogens with one attached hydrogen (secondary N) is 3. The van der Waals surface area contributed by atoms with E-state index in [1.165, 1.54) is 12.8 Å². The highest BCUT2D eigenvalue weighted by Gasteiger charge is 2.22. The van der Waals surface area contributed by atoms with Gasteiger partial charge < -0.3 is 20.9 Å². The molecule has 1 aromatic heterocycles. The zero-order valence-corrected chi connectivity index (χ0v) is 13.5. The fraction of sp³-hybridized carbons (Fsp3) is 0.800. The zero-order valence-electron chi connectivity index (χ0n) is 13.5. The molecular formula is C15H27N7. The number of likely N-dealkylation sites (N-methyl/N-ethyl adjacent to an activating group) is 1. The van der Waals surface area contributed by atoms with Gasteiger partial charge in [-0.25, -0.2) is 9.97 Å². The Morgan fingerprint density at radius 2 is 1.59 bits per heavy atom. The summed E-state index contributed by atoms with van der Waals surface area (Å²) in [6.07, 6.45) is 7.47. The molecule has 0 radical (unpaired) electrons. The van der Waals surface area contributed by atoms with E-state index in [-0.39, 0.29) is 0 Å². The van der Waals surface area contributed by atoms with Crippen LogP contribution in [-0.2, 0) is 0 Å². The smallest absolute Gasteiger partial charge is 0.227 e. The van der Waals surface area contributed by atoms with Crippen molar-refractivity contribution < 1.29 is 0 Å². The summed E-state index contributed by atoms with van der Waals surface area (Å²) in [6, 6.07) is 1.57. The average molecular weight is 305 g/mol. The van der Waals surface area contributed by atoms with Crippen molar-refractivity contribution in [2.75, 3.05) is 37.8 Å². The van der Waals surface area contributed by atoms with Gasteiger partial charge in [-0.15, -0.1) is 0 Å². The fourth-order valence-electron chi connectivity index (χ4n) is 3.38. The quantitative estimate of drug-likeness (QED) is 0.747. The summed E-state index contributed by atoms with van der Waals surface area (Å²) >= 11 is 0. The fourth-order valence-corrected chi connectivity index (χ4v) is 3.38. The predicted molar refractivity (Wildman–Crippen MR) is 88.1 cm³/mol. The number of likely N-dealkylation sites (tertiary alicyclic amines) is 1. The standard InChI is InChI=1S/C15H27N7/c1-16-11-3-5-12(6-4-11)19-14-17-10-18-15(21-14)20-13-7-8-22(2)9-13/h10-13,16H,3-9H2,1-2H3,(H2,17,18,19,20,21)/t11?,12?,13-/m1/s1. The van der Waals surface area contributed by atoms with Crippen LogP contribution in [0.5, 0.6) is 0 Å². The van der Waals surface area contributed by atoms with Crippen molar-refractivity contribution >= 4 is 11.9 Å². The first-order chi connectivity index (χ1) is 10.7. The minimum atomic E-state index is 0.436. The molecule has 0 bridgehead atoms. The van der Waals surface area contributed by atoms with Crippen molar-refractivity contribution in [3.8, 4) is 0 Å². The van der Waals surface area contributed by atoms with Gasteiger partial charge >= 0.3 is 0 Å². The van der Waals surface area contributed by atoms with Gasteiger partial charge in [0.25, 0.3) is 0 Å². The Bertz CT molecular complexity index is 473. The number of hydrogen-bond acceptors (Lipinski definition) is 7. The first-order valence-electron chi connectivity index (χ1n) is 8.31. The maximum atomic E-state index is 4.52. The van der Waals surface area contributed by atoms with Crippen molar-refractivity contribution in [3.05, 3.63) is 6.33 Å². The molecule has 7 nitrogen and oxygen atoms in total. The van der Waals surface area contributed by atoms with Gasteiger partial charge in [-0.2, -0.15) is 4.98 Å². The minimum absolute atomic E-state index is 0.436. The summed E-state index contributed by atoms with van der Waals surface area (Å²) in [5.41, 5.74) is 0. The number of rotatable bonds is 5. The topological polar surface area (TPSA) is 78.0 Å². The van der Waals surface area contributed by atoms with E-state index in [1.807, 2.05) is 7.05 Å². The largest absolute Gasteiger partial charge is 0.351 e. The van der Waals surface area contributed by atoms with Crippen molar-refractivity contribution in [2.24, 2.45) is 0 Å². The van der Waals surface area contributed by atoms with Crippen LogP contribution in [0.15, 0.2) is 6.33 Å². The normalized spacial score (nSPS) is 29.5. The lowest BCUT2D eigenvalue weighted by molar-refractivity contribution is 0.370. The van der Waals surface area contributed by atoms with Gasteiger partial charge in [-0.1, -0.05) is 0 Å². The van der Waals surface area contributed by atoms with E-state index in [0.29, 0.717) is 30.0 Å². The van der Waals surface area contributed by atoms with Gasteiger partial charge in [0, 0.05) is 24.7 Å². The number of anilines is 2. The Kier molecular flexibility index (Phi) is 5.04. The van der Waals surface area contributed by atoms with Crippen molar-refractivity contribution in [1.82, 2.24) is 25.2 Å². The molecule has 2 heterocycles. The second-order valence-electron chi connectivity index (χ2n) is 6.51. The Morgan fingerprint density at radius 3 is 2.18 bits per heavy atom. The summed E-state index contributed by atoms with van der Waals surface area (Å²) in [5, 5.41) is 10.2. The summed E-state index contributed by atoms with van der Waals surface area (Å²) in [5.74, 6) is 1.37. The van der Waals surface area contributed by atoms with Gasteiger partial charge in [0.2, 0.25) is 11.9 Å². The molecular weight excluding hydrogens is 278 g/mol. The third-order valence-electron chi connectivity index (χ3n) is 4.77. The van der Waals surface area contributed by atoms with Crippen molar-refractivity contribution in [3.63, 3.8) is 0 Å². The molecule has 1 aliphatic heterocycles. The van der Waals surface area contributed by atoms with Crippen LogP contribution in [-0.4, -0.2) is 65.2 Å². The lowest BCUT2D eigenvalue weighted by atomic mass is 9.91. The Balaban J connectivity index is 1.53. The average Bonchev–Trinajstić information content (AvgIpc) is 2.93. The second kappa shape index (κ2) is 7.19. The zero-order chi connectivity index (χ0) is 15.4. The third-order valence-corrected chi connectivity index (χ3v) is 4.77. The van der Waals surface area contributed by atoms with Crippen molar-refractivity contribution in [1.29, 1.82) is 0 Å². The van der Waals surface area contributed by atoms with Gasteiger partial charge in [0.15, 0.2) is 0 Å². The predicted octanol–water partition coefficient (Wildman–Crippen LogP) is 0.930. The molecule has 0 unspecified atom stereocenters. The molecule has 1 aromatic rings. The Morgan fingerprint density at radius 1 is 0.955 bits per heavy atom. The molecule has 0 aromatic carbocycles. The van der Waals surface area contributed by atoms with Crippen LogP contribution in [0.2, 0.25) is 0 Å². The van der Waals surface area contributed by atoms with Gasteiger partial charge in [0.05, 0.1) is 0 Å². The van der Waals surface area contributed by atoms with E-state index in [4.69, 9.17) is 0 Å². The highest BCUT2D eigenvalue weighted by molar-refractivity contribution is 5.34. The summed E-state index contributed by atoms with van der Waals surface area (Å²) < 4.78 is 0. The Hall–Kier alpha value is -1.47. The summed E-state index contributed by atoms with van der Waals surface area (Å²) in [6.45, 7) is 2.17. The highest BCUT2D eigenvalue weighted by atomic mass is 15.2. The second-order valence-corrected chi connectivity index (χ2v) is 6.51. The number of hydrogen-bond donors (Lipinski definition) is 3. The maximum absolute atomic E-state index is 4.52. The van der Waals surface area contributed by atoms with Crippen LogP contribution in [0, 0.1) is 0 Å². The minimum Gasteiger partial charge on any atom is -0.351 e. The molecule has 2 aliphatic rings.